The summed E-state index contributed by atoms with van der Waals surface area (Å²) in [6.45, 7) is 4.73. The van der Waals surface area contributed by atoms with Crippen LogP contribution in [0.5, 0.6) is 0 Å². The zero-order valence-electron chi connectivity index (χ0n) is 11.0. The molecular formula is C15H20N2O. The quantitative estimate of drug-likeness (QED) is 0.878. The molecule has 0 aliphatic rings. The van der Waals surface area contributed by atoms with Crippen molar-refractivity contribution in [2.45, 2.75) is 39.3 Å². The van der Waals surface area contributed by atoms with Crippen molar-refractivity contribution in [3.63, 3.8) is 0 Å². The van der Waals surface area contributed by atoms with Gasteiger partial charge in [0.25, 0.3) is 0 Å². The molecule has 0 amide bonds. The summed E-state index contributed by atoms with van der Waals surface area (Å²) in [4.78, 5) is 0. The van der Waals surface area contributed by atoms with E-state index in [0.717, 1.165) is 24.1 Å². The Morgan fingerprint density at radius 1 is 1.17 bits per heavy atom. The molecule has 0 radical (unpaired) electrons. The molecule has 1 aromatic carbocycles. The van der Waals surface area contributed by atoms with Crippen LogP contribution in [0.1, 0.15) is 36.9 Å². The van der Waals surface area contributed by atoms with Crippen molar-refractivity contribution in [1.29, 1.82) is 0 Å². The van der Waals surface area contributed by atoms with Crippen LogP contribution in [0.25, 0.3) is 0 Å². The first-order chi connectivity index (χ1) is 8.74. The molecule has 1 unspecified atom stereocenters. The lowest BCUT2D eigenvalue weighted by Gasteiger charge is -2.13. The third-order valence-corrected chi connectivity index (χ3v) is 3.17. The highest BCUT2D eigenvalue weighted by atomic mass is 16.3. The molecular weight excluding hydrogens is 224 g/mol. The van der Waals surface area contributed by atoms with Crippen molar-refractivity contribution in [3.8, 4) is 0 Å². The van der Waals surface area contributed by atoms with E-state index in [2.05, 4.69) is 25.0 Å². The summed E-state index contributed by atoms with van der Waals surface area (Å²) in [5, 5.41) is 14.7. The Labute approximate surface area is 108 Å². The van der Waals surface area contributed by atoms with Crippen LogP contribution in [0.3, 0.4) is 0 Å². The van der Waals surface area contributed by atoms with Gasteiger partial charge in [-0.05, 0) is 24.5 Å². The summed E-state index contributed by atoms with van der Waals surface area (Å²) in [7, 11) is 0. The average molecular weight is 244 g/mol. The number of aliphatic hydroxyl groups is 1. The zero-order valence-corrected chi connectivity index (χ0v) is 11.0. The molecule has 1 atom stereocenters. The Morgan fingerprint density at radius 3 is 2.50 bits per heavy atom. The Kier molecular flexibility index (Phi) is 4.15. The number of aryl methyl sites for hydroxylation is 2. The van der Waals surface area contributed by atoms with Gasteiger partial charge in [-0.3, -0.25) is 4.68 Å². The summed E-state index contributed by atoms with van der Waals surface area (Å²) >= 11 is 0. The van der Waals surface area contributed by atoms with E-state index in [4.69, 9.17) is 0 Å². The maximum atomic E-state index is 10.2. The van der Waals surface area contributed by atoms with Crippen LogP contribution < -0.4 is 0 Å². The molecule has 0 bridgehead atoms. The van der Waals surface area contributed by atoms with E-state index in [1.54, 1.807) is 0 Å². The van der Waals surface area contributed by atoms with Crippen LogP contribution >= 0.6 is 0 Å². The third-order valence-electron chi connectivity index (χ3n) is 3.17. The van der Waals surface area contributed by atoms with Gasteiger partial charge < -0.3 is 5.11 Å². The number of aromatic nitrogens is 2. The van der Waals surface area contributed by atoms with Gasteiger partial charge in [-0.1, -0.05) is 44.2 Å². The fourth-order valence-corrected chi connectivity index (χ4v) is 2.07. The molecule has 2 aromatic rings. The maximum Gasteiger partial charge on any atom is 0.0985 e. The number of aliphatic hydroxyl groups excluding tert-OH is 1. The van der Waals surface area contributed by atoms with Crippen molar-refractivity contribution < 1.29 is 5.11 Å². The first kappa shape index (κ1) is 12.8. The van der Waals surface area contributed by atoms with Crippen molar-refractivity contribution in [2.75, 3.05) is 0 Å². The SMILES string of the molecule is CCc1cc(CC)n(CC(O)c2ccccc2)n1. The molecule has 3 heteroatoms. The first-order valence-electron chi connectivity index (χ1n) is 6.53. The second-order valence-electron chi connectivity index (χ2n) is 4.44. The lowest BCUT2D eigenvalue weighted by Crippen LogP contribution is -2.12. The smallest absolute Gasteiger partial charge is 0.0985 e. The molecule has 96 valence electrons. The molecule has 18 heavy (non-hydrogen) atoms. The van der Waals surface area contributed by atoms with E-state index in [1.165, 1.54) is 5.69 Å². The summed E-state index contributed by atoms with van der Waals surface area (Å²) in [5.74, 6) is 0. The van der Waals surface area contributed by atoms with E-state index in [0.29, 0.717) is 6.54 Å². The highest BCUT2D eigenvalue weighted by molar-refractivity contribution is 5.18. The molecule has 0 saturated carbocycles. The molecule has 0 saturated heterocycles. The van der Waals surface area contributed by atoms with Crippen molar-refractivity contribution in [2.24, 2.45) is 0 Å². The van der Waals surface area contributed by atoms with Crippen LogP contribution in [0, 0.1) is 0 Å². The van der Waals surface area contributed by atoms with Gasteiger partial charge in [-0.2, -0.15) is 5.10 Å². The number of benzene rings is 1. The third kappa shape index (κ3) is 2.79. The molecule has 1 aromatic heterocycles. The average Bonchev–Trinajstić information content (AvgIpc) is 2.82. The normalized spacial score (nSPS) is 12.6. The zero-order chi connectivity index (χ0) is 13.0. The summed E-state index contributed by atoms with van der Waals surface area (Å²) in [5.41, 5.74) is 3.21. The highest BCUT2D eigenvalue weighted by Crippen LogP contribution is 2.16. The minimum atomic E-state index is -0.499. The molecule has 3 nitrogen and oxygen atoms in total. The van der Waals surface area contributed by atoms with Crippen LogP contribution in [-0.4, -0.2) is 14.9 Å². The molecule has 0 spiro atoms. The number of hydrogen-bond acceptors (Lipinski definition) is 2. The van der Waals surface area contributed by atoms with Gasteiger partial charge in [-0.15, -0.1) is 0 Å². The van der Waals surface area contributed by atoms with Crippen LogP contribution in [0.4, 0.5) is 0 Å². The highest BCUT2D eigenvalue weighted by Gasteiger charge is 2.11. The van der Waals surface area contributed by atoms with Crippen LogP contribution in [0.2, 0.25) is 0 Å². The maximum absolute atomic E-state index is 10.2. The summed E-state index contributed by atoms with van der Waals surface area (Å²) < 4.78 is 1.93. The van der Waals surface area contributed by atoms with E-state index in [9.17, 15) is 5.11 Å². The minimum absolute atomic E-state index is 0.499. The predicted molar refractivity (Wildman–Crippen MR) is 72.4 cm³/mol. The Bertz CT molecular complexity index is 490. The molecule has 1 heterocycles. The topological polar surface area (TPSA) is 38.0 Å². The molecule has 0 fully saturated rings. The lowest BCUT2D eigenvalue weighted by molar-refractivity contribution is 0.150. The molecule has 2 rings (SSSR count). The van der Waals surface area contributed by atoms with E-state index >= 15 is 0 Å². The summed E-state index contributed by atoms with van der Waals surface area (Å²) in [6.07, 6.45) is 1.37. The van der Waals surface area contributed by atoms with Gasteiger partial charge in [0.05, 0.1) is 18.3 Å². The Hall–Kier alpha value is -1.61. The fraction of sp³-hybridized carbons (Fsp3) is 0.400. The largest absolute Gasteiger partial charge is 0.386 e. The fourth-order valence-electron chi connectivity index (χ4n) is 2.07. The second-order valence-corrected chi connectivity index (χ2v) is 4.44. The van der Waals surface area contributed by atoms with Crippen molar-refractivity contribution >= 4 is 0 Å². The predicted octanol–water partition coefficient (Wildman–Crippen LogP) is 2.74. The van der Waals surface area contributed by atoms with Gasteiger partial charge in [-0.25, -0.2) is 0 Å². The standard InChI is InChI=1S/C15H20N2O/c1-3-13-10-14(4-2)17(16-13)11-15(18)12-8-6-5-7-9-12/h5-10,15,18H,3-4,11H2,1-2H3. The number of hydrogen-bond donors (Lipinski definition) is 1. The summed E-state index contributed by atoms with van der Waals surface area (Å²) in [6, 6.07) is 11.9. The van der Waals surface area contributed by atoms with E-state index < -0.39 is 6.10 Å². The number of nitrogens with zero attached hydrogens (tertiary/aromatic N) is 2. The monoisotopic (exact) mass is 244 g/mol. The van der Waals surface area contributed by atoms with Gasteiger partial charge in [0.1, 0.15) is 0 Å². The lowest BCUT2D eigenvalue weighted by atomic mass is 10.1. The Morgan fingerprint density at radius 2 is 1.89 bits per heavy atom. The van der Waals surface area contributed by atoms with E-state index in [-0.39, 0.29) is 0 Å². The van der Waals surface area contributed by atoms with Gasteiger partial charge in [0, 0.05) is 5.69 Å². The molecule has 0 aliphatic heterocycles. The van der Waals surface area contributed by atoms with Gasteiger partial charge in [0.2, 0.25) is 0 Å². The van der Waals surface area contributed by atoms with Gasteiger partial charge >= 0.3 is 0 Å². The van der Waals surface area contributed by atoms with Crippen molar-refractivity contribution in [3.05, 3.63) is 53.3 Å². The number of rotatable bonds is 5. The molecule has 1 N–H and O–H groups in total. The second kappa shape index (κ2) is 5.83. The van der Waals surface area contributed by atoms with E-state index in [1.807, 2.05) is 35.0 Å². The first-order valence-corrected chi connectivity index (χ1v) is 6.53. The van der Waals surface area contributed by atoms with Gasteiger partial charge in [0.15, 0.2) is 0 Å². The van der Waals surface area contributed by atoms with Crippen LogP contribution in [0.15, 0.2) is 36.4 Å². The molecule has 0 aliphatic carbocycles. The Balaban J connectivity index is 2.16. The van der Waals surface area contributed by atoms with Crippen LogP contribution in [-0.2, 0) is 19.4 Å². The minimum Gasteiger partial charge on any atom is -0.386 e. The van der Waals surface area contributed by atoms with Crippen molar-refractivity contribution in [1.82, 2.24) is 9.78 Å².